The van der Waals surface area contributed by atoms with Gasteiger partial charge in [0.2, 0.25) is 0 Å². The Hall–Kier alpha value is -3.24. The summed E-state index contributed by atoms with van der Waals surface area (Å²) >= 11 is 0. The number of nitro groups is 2. The molecule has 0 aromatic heterocycles. The maximum Gasteiger partial charge on any atom is 0.317 e. The van der Waals surface area contributed by atoms with E-state index in [4.69, 9.17) is 14.2 Å². The highest BCUT2D eigenvalue weighted by Gasteiger charge is 2.22. The molecule has 0 N–H and O–H groups in total. The van der Waals surface area contributed by atoms with Gasteiger partial charge in [-0.3, -0.25) is 29.8 Å². The van der Waals surface area contributed by atoms with Crippen molar-refractivity contribution < 1.29 is 33.6 Å². The number of carbonyl (C=O) groups is 2. The van der Waals surface area contributed by atoms with Gasteiger partial charge in [0.15, 0.2) is 5.75 Å². The summed E-state index contributed by atoms with van der Waals surface area (Å²) < 4.78 is 16.6. The van der Waals surface area contributed by atoms with Gasteiger partial charge in [0.05, 0.1) is 22.5 Å². The summed E-state index contributed by atoms with van der Waals surface area (Å²) in [5, 5.41) is 22.4. The molecular weight excluding hydrogens is 580 g/mol. The van der Waals surface area contributed by atoms with Gasteiger partial charge < -0.3 is 14.2 Å². The van der Waals surface area contributed by atoms with Crippen molar-refractivity contribution in [3.8, 4) is 5.75 Å². The van der Waals surface area contributed by atoms with Crippen molar-refractivity contribution >= 4 is 23.3 Å². The van der Waals surface area contributed by atoms with Gasteiger partial charge in [0, 0.05) is 25.3 Å². The summed E-state index contributed by atoms with van der Waals surface area (Å²) in [7, 11) is 0. The van der Waals surface area contributed by atoms with Gasteiger partial charge in [-0.05, 0) is 18.9 Å². The van der Waals surface area contributed by atoms with Crippen LogP contribution >= 0.6 is 0 Å². The summed E-state index contributed by atoms with van der Waals surface area (Å²) in [5.41, 5.74) is -0.952. The molecule has 0 aliphatic heterocycles. The van der Waals surface area contributed by atoms with Crippen molar-refractivity contribution in [2.24, 2.45) is 0 Å². The molecular formula is C34H56N2O9. The van der Waals surface area contributed by atoms with Crippen LogP contribution < -0.4 is 4.74 Å². The number of rotatable bonds is 29. The molecule has 0 fully saturated rings. The first-order chi connectivity index (χ1) is 21.8. The first-order valence-electron chi connectivity index (χ1n) is 17.2. The number of carbonyl (C=O) groups excluding carboxylic acids is 2. The van der Waals surface area contributed by atoms with Crippen LogP contribution in [-0.4, -0.2) is 41.1 Å². The summed E-state index contributed by atoms with van der Waals surface area (Å²) in [4.78, 5) is 45.9. The van der Waals surface area contributed by atoms with Gasteiger partial charge in [0.25, 0.3) is 5.69 Å². The molecule has 1 unspecified atom stereocenters. The second-order valence-corrected chi connectivity index (χ2v) is 11.8. The van der Waals surface area contributed by atoms with Crippen molar-refractivity contribution in [1.82, 2.24) is 0 Å². The van der Waals surface area contributed by atoms with E-state index in [-0.39, 0.29) is 43.7 Å². The highest BCUT2D eigenvalue weighted by Crippen LogP contribution is 2.31. The van der Waals surface area contributed by atoms with Crippen LogP contribution in [0.5, 0.6) is 5.75 Å². The topological polar surface area (TPSA) is 148 Å². The minimum Gasteiger partial charge on any atom is -0.487 e. The third-order valence-corrected chi connectivity index (χ3v) is 7.74. The van der Waals surface area contributed by atoms with Crippen molar-refractivity contribution in [1.29, 1.82) is 0 Å². The van der Waals surface area contributed by atoms with Crippen LogP contribution in [0, 0.1) is 20.2 Å². The van der Waals surface area contributed by atoms with E-state index in [9.17, 15) is 29.8 Å². The largest absolute Gasteiger partial charge is 0.487 e. The van der Waals surface area contributed by atoms with Crippen LogP contribution in [0.3, 0.4) is 0 Å². The Kier molecular flexibility index (Phi) is 23.0. The number of unbranched alkanes of at least 4 members (excludes halogenated alkanes) is 16. The molecule has 11 heteroatoms. The first kappa shape index (κ1) is 39.8. The van der Waals surface area contributed by atoms with E-state index in [1.165, 1.54) is 76.7 Å². The lowest BCUT2D eigenvalue weighted by Gasteiger charge is -2.18. The minimum absolute atomic E-state index is 0.0789. The molecule has 0 bridgehead atoms. The van der Waals surface area contributed by atoms with E-state index in [2.05, 4.69) is 13.8 Å². The number of nitrogens with zero attached hydrogens (tertiary/aromatic N) is 2. The number of benzene rings is 1. The summed E-state index contributed by atoms with van der Waals surface area (Å²) in [6.07, 6.45) is 20.3. The summed E-state index contributed by atoms with van der Waals surface area (Å²) in [6, 6.07) is 3.14. The fourth-order valence-electron chi connectivity index (χ4n) is 5.02. The predicted octanol–water partition coefficient (Wildman–Crippen LogP) is 9.57. The van der Waals surface area contributed by atoms with E-state index >= 15 is 0 Å². The predicted molar refractivity (Wildman–Crippen MR) is 174 cm³/mol. The summed E-state index contributed by atoms with van der Waals surface area (Å²) in [5.74, 6) is -0.878. The van der Waals surface area contributed by atoms with Crippen LogP contribution in [-0.2, 0) is 19.1 Å². The minimum atomic E-state index is -0.778. The van der Waals surface area contributed by atoms with Crippen LogP contribution in [0.25, 0.3) is 0 Å². The molecule has 0 amide bonds. The van der Waals surface area contributed by atoms with Gasteiger partial charge in [-0.15, -0.1) is 0 Å². The number of nitro benzene ring substituents is 2. The maximum absolute atomic E-state index is 12.6. The van der Waals surface area contributed by atoms with E-state index in [1.54, 1.807) is 0 Å². The molecule has 0 heterocycles. The zero-order valence-electron chi connectivity index (χ0n) is 27.6. The smallest absolute Gasteiger partial charge is 0.317 e. The Morgan fingerprint density at radius 3 is 1.67 bits per heavy atom. The van der Waals surface area contributed by atoms with E-state index in [0.29, 0.717) is 12.8 Å². The van der Waals surface area contributed by atoms with Gasteiger partial charge in [-0.1, -0.05) is 117 Å². The Morgan fingerprint density at radius 1 is 0.689 bits per heavy atom. The highest BCUT2D eigenvalue weighted by atomic mass is 16.6. The molecule has 0 aliphatic rings. The number of hydrogen-bond donors (Lipinski definition) is 0. The highest BCUT2D eigenvalue weighted by molar-refractivity contribution is 5.70. The molecule has 11 nitrogen and oxygen atoms in total. The lowest BCUT2D eigenvalue weighted by molar-refractivity contribution is -0.394. The number of non-ortho nitro benzene ring substituents is 1. The third kappa shape index (κ3) is 20.4. The molecule has 0 radical (unpaired) electrons. The number of esters is 2. The quantitative estimate of drug-likeness (QED) is 0.0362. The molecule has 0 saturated carbocycles. The lowest BCUT2D eigenvalue weighted by atomic mass is 10.1. The molecule has 0 spiro atoms. The normalized spacial score (nSPS) is 11.6. The molecule has 1 aromatic rings. The summed E-state index contributed by atoms with van der Waals surface area (Å²) in [6.45, 7) is 4.19. The number of hydrogen-bond acceptors (Lipinski definition) is 9. The van der Waals surface area contributed by atoms with Crippen molar-refractivity contribution in [2.75, 3.05) is 13.2 Å². The Bertz CT molecular complexity index is 986. The number of ether oxygens (including phenoxy) is 3. The molecule has 45 heavy (non-hydrogen) atoms. The SMILES string of the molecule is CCCCCCCCCCCC(=O)OCC(CCOc1ccc([N+](=O)[O-])cc1[N+](=O)[O-])OC(=O)CCCCCCCCCCC. The van der Waals surface area contributed by atoms with Gasteiger partial charge in [-0.25, -0.2) is 0 Å². The van der Waals surface area contributed by atoms with Crippen LogP contribution in [0.1, 0.15) is 149 Å². The van der Waals surface area contributed by atoms with Crippen molar-refractivity contribution in [2.45, 2.75) is 155 Å². The van der Waals surface area contributed by atoms with E-state index in [0.717, 1.165) is 50.7 Å². The molecule has 1 aromatic carbocycles. The monoisotopic (exact) mass is 636 g/mol. The fraction of sp³-hybridized carbons (Fsp3) is 0.765. The zero-order chi connectivity index (χ0) is 33.1. The average molecular weight is 637 g/mol. The second kappa shape index (κ2) is 26.0. The van der Waals surface area contributed by atoms with Crippen LogP contribution in [0.15, 0.2) is 18.2 Å². The maximum atomic E-state index is 12.6. The van der Waals surface area contributed by atoms with Gasteiger partial charge >= 0.3 is 17.6 Å². The molecule has 0 aliphatic carbocycles. The molecule has 1 atom stereocenters. The molecule has 1 rings (SSSR count). The van der Waals surface area contributed by atoms with Crippen molar-refractivity contribution in [3.05, 3.63) is 38.4 Å². The average Bonchev–Trinajstić information content (AvgIpc) is 3.01. The molecule has 256 valence electrons. The van der Waals surface area contributed by atoms with E-state index in [1.807, 2.05) is 0 Å². The fourth-order valence-corrected chi connectivity index (χ4v) is 5.02. The standard InChI is InChI=1S/C34H56N2O9/c1-3-5-7-9-11-13-15-17-19-21-33(37)44-28-30(45-34(38)22-20-18-16-14-12-10-8-6-4-2)25-26-43-32-24-23-29(35(39)40)27-31(32)36(41)42/h23-24,27,30H,3-22,25-26,28H2,1-2H3. The van der Waals surface area contributed by atoms with Crippen LogP contribution in [0.2, 0.25) is 0 Å². The Balaban J connectivity index is 2.54. The van der Waals surface area contributed by atoms with Gasteiger partial charge in [0.1, 0.15) is 12.7 Å². The first-order valence-corrected chi connectivity index (χ1v) is 17.2. The van der Waals surface area contributed by atoms with Crippen LogP contribution in [0.4, 0.5) is 11.4 Å². The zero-order valence-corrected chi connectivity index (χ0v) is 27.6. The Labute approximate surface area is 269 Å². The third-order valence-electron chi connectivity index (χ3n) is 7.74. The molecule has 0 saturated heterocycles. The lowest BCUT2D eigenvalue weighted by Crippen LogP contribution is -2.27. The van der Waals surface area contributed by atoms with Gasteiger partial charge in [-0.2, -0.15) is 0 Å². The van der Waals surface area contributed by atoms with Crippen molar-refractivity contribution in [3.63, 3.8) is 0 Å². The van der Waals surface area contributed by atoms with E-state index < -0.39 is 27.3 Å². The second-order valence-electron chi connectivity index (χ2n) is 11.8. The Morgan fingerprint density at radius 2 is 1.18 bits per heavy atom.